The van der Waals surface area contributed by atoms with E-state index >= 15 is 0 Å². The minimum atomic E-state index is 0.0535. The van der Waals surface area contributed by atoms with Gasteiger partial charge in [0.15, 0.2) is 0 Å². The normalized spacial score (nSPS) is 15.2. The summed E-state index contributed by atoms with van der Waals surface area (Å²) in [5.74, 6) is 0. The third-order valence-corrected chi connectivity index (χ3v) is 64.9. The van der Waals surface area contributed by atoms with Crippen molar-refractivity contribution in [1.29, 1.82) is 0 Å². The molecule has 74 valence electrons. The zero-order valence-corrected chi connectivity index (χ0v) is 18.6. The summed E-state index contributed by atoms with van der Waals surface area (Å²) in [7, 11) is 21.7. The van der Waals surface area contributed by atoms with Crippen LogP contribution in [0.2, 0.25) is 0 Å². The highest BCUT2D eigenvalue weighted by Gasteiger charge is 2.20. The summed E-state index contributed by atoms with van der Waals surface area (Å²) in [5.41, 5.74) is 0. The summed E-state index contributed by atoms with van der Waals surface area (Å²) in [4.78, 5) is 0. The molecule has 12 heteroatoms. The van der Waals surface area contributed by atoms with Gasteiger partial charge in [-0.3, -0.25) is 0 Å². The Morgan fingerprint density at radius 1 is 0.667 bits per heavy atom. The van der Waals surface area contributed by atoms with Crippen LogP contribution in [0.25, 0.3) is 0 Å². The van der Waals surface area contributed by atoms with Crippen LogP contribution in [-0.4, -0.2) is 0 Å². The molecule has 0 aliphatic heterocycles. The van der Waals surface area contributed by atoms with Gasteiger partial charge in [-0.05, 0) is 21.0 Å². The predicted molar refractivity (Wildman–Crippen MR) is 101 cm³/mol. The lowest BCUT2D eigenvalue weighted by Gasteiger charge is -2.40. The Morgan fingerprint density at radius 2 is 1.00 bits per heavy atom. The summed E-state index contributed by atoms with van der Waals surface area (Å²) >= 11 is 0. The van der Waals surface area contributed by atoms with E-state index in [9.17, 15) is 0 Å². The van der Waals surface area contributed by atoms with Crippen LogP contribution in [0.3, 0.4) is 0 Å². The second-order valence-electron chi connectivity index (χ2n) is 1.70. The van der Waals surface area contributed by atoms with Gasteiger partial charge in [-0.15, -0.1) is 53.6 Å². The van der Waals surface area contributed by atoms with Crippen molar-refractivity contribution in [2.45, 2.75) is 0 Å². The van der Waals surface area contributed by atoms with E-state index in [-0.39, 0.29) is 34.9 Å². The van der Waals surface area contributed by atoms with Crippen molar-refractivity contribution >= 4 is 97.4 Å². The molecule has 0 aromatic rings. The molecule has 0 spiro atoms. The van der Waals surface area contributed by atoms with Crippen molar-refractivity contribution in [3.63, 3.8) is 0 Å². The van der Waals surface area contributed by atoms with E-state index < -0.39 is 0 Å². The van der Waals surface area contributed by atoms with Crippen molar-refractivity contribution in [3.05, 3.63) is 0 Å². The second kappa shape index (κ2) is 9.14. The van der Waals surface area contributed by atoms with Crippen LogP contribution in [-0.2, 0) is 0 Å². The highest BCUT2D eigenvalue weighted by Crippen LogP contribution is 3.16. The van der Waals surface area contributed by atoms with Crippen LogP contribution < -0.4 is 0 Å². The third kappa shape index (κ3) is 6.79. The molecular formula is H13P12-. The van der Waals surface area contributed by atoms with E-state index in [0.717, 1.165) is 0 Å². The lowest BCUT2D eigenvalue weighted by atomic mass is 28.7. The highest BCUT2D eigenvalue weighted by atomic mass is 33.3. The van der Waals surface area contributed by atoms with E-state index in [1.807, 2.05) is 0 Å². The average Bonchev–Trinajstić information content (AvgIpc) is 1.85. The molecule has 7 atom stereocenters. The highest BCUT2D eigenvalue weighted by molar-refractivity contribution is 9.21. The summed E-state index contributed by atoms with van der Waals surface area (Å²) in [6.45, 7) is 0.434. The first kappa shape index (κ1) is 17.2. The summed E-state index contributed by atoms with van der Waals surface area (Å²) < 4.78 is 0. The van der Waals surface area contributed by atoms with Crippen LogP contribution in [0.4, 0.5) is 0 Å². The molecule has 0 amide bonds. The van der Waals surface area contributed by atoms with Crippen LogP contribution in [0.15, 0.2) is 0 Å². The van der Waals surface area contributed by atoms with Crippen molar-refractivity contribution < 1.29 is 0 Å². The molecule has 12 heavy (non-hydrogen) atoms. The lowest BCUT2D eigenvalue weighted by molar-refractivity contribution is 4.63. The molecule has 0 aliphatic carbocycles. The first-order valence-electron chi connectivity index (χ1n) is 2.57. The largest absolute Gasteiger partial charge is 0.515 e. The molecule has 0 N–H and O–H groups in total. The van der Waals surface area contributed by atoms with Crippen LogP contribution in [0, 0.1) is 0 Å². The minimum absolute atomic E-state index is 0.0535. The van der Waals surface area contributed by atoms with E-state index in [2.05, 4.69) is 62.5 Å². The monoisotopic (exact) mass is 385 g/mol. The SMILES string of the molecule is [PH-]P(P(P)P)P(P(P)P)P(P)P. The molecule has 0 fully saturated rings. The predicted octanol–water partition coefficient (Wildman–Crippen LogP) is 6.85. The average molecular weight is 385 g/mol. The Hall–Kier alpha value is 5.16. The topological polar surface area (TPSA) is 0 Å². The second-order valence-corrected chi connectivity index (χ2v) is 45.8. The maximum absolute atomic E-state index is 3.92. The molecule has 0 nitrogen and oxygen atoms in total. The molecule has 0 saturated heterocycles. The van der Waals surface area contributed by atoms with Crippen molar-refractivity contribution in [2.75, 3.05) is 0 Å². The van der Waals surface area contributed by atoms with Crippen molar-refractivity contribution in [2.24, 2.45) is 0 Å². The molecule has 0 aromatic carbocycles. The smallest absolute Gasteiger partial charge is 0.0362 e. The zero-order chi connectivity index (χ0) is 9.89. The molecule has 0 aliphatic rings. The maximum atomic E-state index is 3.92. The fourth-order valence-electron chi connectivity index (χ4n) is 0.407. The van der Waals surface area contributed by atoms with Gasteiger partial charge in [0.1, 0.15) is 0 Å². The fourth-order valence-corrected chi connectivity index (χ4v) is 99.0. The zero-order valence-electron chi connectivity index (χ0n) is 6.20. The Morgan fingerprint density at radius 3 is 1.08 bits per heavy atom. The van der Waals surface area contributed by atoms with Crippen molar-refractivity contribution in [1.82, 2.24) is 0 Å². The van der Waals surface area contributed by atoms with Gasteiger partial charge in [0, 0.05) is 0 Å². The summed E-state index contributed by atoms with van der Waals surface area (Å²) in [6.07, 6.45) is 0. The molecular weight excluding hydrogens is 372 g/mol. The van der Waals surface area contributed by atoms with Gasteiger partial charge in [-0.2, -0.15) is 0 Å². The van der Waals surface area contributed by atoms with Gasteiger partial charge < -0.3 is 8.93 Å². The first-order chi connectivity index (χ1) is 5.37. The van der Waals surface area contributed by atoms with E-state index in [1.165, 1.54) is 0 Å². The maximum Gasteiger partial charge on any atom is -0.0362 e. The number of rotatable bonds is 4. The van der Waals surface area contributed by atoms with E-state index in [0.29, 0.717) is 0 Å². The molecule has 0 heterocycles. The molecule has 0 rings (SSSR count). The summed E-state index contributed by atoms with van der Waals surface area (Å²) in [5, 5.41) is 0. The molecule has 0 saturated carbocycles. The van der Waals surface area contributed by atoms with E-state index in [4.69, 9.17) is 0 Å². The van der Waals surface area contributed by atoms with Gasteiger partial charge in [0.05, 0.1) is 0 Å². The minimum Gasteiger partial charge on any atom is -0.515 e. The Balaban J connectivity index is 4.30. The third-order valence-electron chi connectivity index (χ3n) is 0.801. The molecule has 0 bridgehead atoms. The van der Waals surface area contributed by atoms with E-state index in [1.54, 1.807) is 0 Å². The van der Waals surface area contributed by atoms with Gasteiger partial charge in [0.2, 0.25) is 0 Å². The molecule has 0 aromatic heterocycles. The first-order valence-corrected chi connectivity index (χ1v) is 23.2. The van der Waals surface area contributed by atoms with Crippen LogP contribution in [0.5, 0.6) is 0 Å². The standard InChI is InChI=1S/H13P12/c1-8(2)11(7)12(9(3)4)10(5)6/h7H,1-6H2/q-1. The van der Waals surface area contributed by atoms with Gasteiger partial charge >= 0.3 is 0 Å². The summed E-state index contributed by atoms with van der Waals surface area (Å²) in [6, 6.07) is 0. The van der Waals surface area contributed by atoms with Crippen LogP contribution in [0.1, 0.15) is 0 Å². The molecule has 7 unspecified atom stereocenters. The van der Waals surface area contributed by atoms with Crippen molar-refractivity contribution in [3.8, 4) is 0 Å². The van der Waals surface area contributed by atoms with Gasteiger partial charge in [0.25, 0.3) is 0 Å². The van der Waals surface area contributed by atoms with Gasteiger partial charge in [-0.1, -0.05) is 6.99 Å². The Kier molecular flexibility index (Phi) is 13.1. The van der Waals surface area contributed by atoms with Gasteiger partial charge in [-0.25, -0.2) is 6.99 Å². The number of hydrogen-bond acceptors (Lipinski definition) is 0. The number of hydrogen-bond donors (Lipinski definition) is 0. The lowest BCUT2D eigenvalue weighted by Crippen LogP contribution is -1.43. The van der Waals surface area contributed by atoms with Crippen LogP contribution >= 0.6 is 97.4 Å². The quantitative estimate of drug-likeness (QED) is 0.465. The molecule has 0 radical (unpaired) electrons. The fraction of sp³-hybridized carbons (Fsp3) is 0. The Labute approximate surface area is 97.0 Å². The Bertz CT molecular complexity index is 103.